The van der Waals surface area contributed by atoms with E-state index < -0.39 is 23.1 Å². The Kier molecular flexibility index (Phi) is 8.66. The molecule has 1 amide bonds. The van der Waals surface area contributed by atoms with Gasteiger partial charge in [-0.25, -0.2) is 18.6 Å². The lowest BCUT2D eigenvalue weighted by Crippen LogP contribution is -2.63. The molecule has 5 atom stereocenters. The van der Waals surface area contributed by atoms with Crippen LogP contribution >= 0.6 is 11.6 Å². The van der Waals surface area contributed by atoms with Gasteiger partial charge in [-0.05, 0) is 76.6 Å². The van der Waals surface area contributed by atoms with Crippen LogP contribution in [0, 0.1) is 5.82 Å². The Balaban J connectivity index is 1.19. The average molecular weight is 765 g/mol. The van der Waals surface area contributed by atoms with Gasteiger partial charge in [0.1, 0.15) is 53.2 Å². The van der Waals surface area contributed by atoms with Gasteiger partial charge in [-0.15, -0.1) is 0 Å². The zero-order chi connectivity index (χ0) is 37.5. The summed E-state index contributed by atoms with van der Waals surface area (Å²) in [7, 11) is 1.52. The van der Waals surface area contributed by atoms with Crippen LogP contribution < -0.4 is 19.1 Å². The summed E-state index contributed by atoms with van der Waals surface area (Å²) in [5.74, 6) is 0.287. The van der Waals surface area contributed by atoms with E-state index in [2.05, 4.69) is 9.80 Å². The molecular weight excluding hydrogens is 722 g/mol. The molecule has 0 spiro atoms. The van der Waals surface area contributed by atoms with Gasteiger partial charge in [0.15, 0.2) is 12.6 Å². The average Bonchev–Trinajstić information content (AvgIpc) is 3.73. The van der Waals surface area contributed by atoms with E-state index in [1.54, 1.807) is 18.2 Å². The monoisotopic (exact) mass is 764 g/mol. The first kappa shape index (κ1) is 35.4. The third-order valence-electron chi connectivity index (χ3n) is 11.5. The lowest BCUT2D eigenvalue weighted by molar-refractivity contribution is 0.00537. The minimum Gasteiger partial charge on any atom is -0.475 e. The molecule has 2 aromatic carbocycles. The number of alkyl halides is 1. The molecule has 2 bridgehead atoms. The van der Waals surface area contributed by atoms with Crippen molar-refractivity contribution >= 4 is 45.2 Å². The van der Waals surface area contributed by atoms with Crippen molar-refractivity contribution < 1.29 is 37.3 Å². The SMILES string of the molecule is COCOc1cc(-c2nc3c4c(nc(OC[C@@]56CCCN5C[C@H](F)C6)nc4c2F)N2CC4CCC(C2CO3)N4C(=O)OC(C)(C)C)c2c(Cl)cccc2c1. The summed E-state index contributed by atoms with van der Waals surface area (Å²) in [4.78, 5) is 34.2. The maximum absolute atomic E-state index is 17.4. The van der Waals surface area contributed by atoms with Gasteiger partial charge in [0.2, 0.25) is 5.88 Å². The highest BCUT2D eigenvalue weighted by Crippen LogP contribution is 2.47. The molecule has 54 heavy (non-hydrogen) atoms. The molecule has 0 saturated carbocycles. The fourth-order valence-electron chi connectivity index (χ4n) is 9.31. The van der Waals surface area contributed by atoms with E-state index in [4.69, 9.17) is 50.2 Å². The molecule has 7 heterocycles. The standard InChI is InChI=1S/C39H43ClF2N6O6/c1-38(2,3)54-37(49)48-23-9-10-27(48)28-18-51-35-30-33(31(42)32(43-35)25-14-24(53-20-50-4)13-21-7-5-8-26(40)29(21)25)44-36(45-34(30)47(28)17-23)52-19-39-11-6-12-46(39)16-22(41)15-39/h5,7-8,13-14,22-23,27-28H,6,9-12,15-20H2,1-4H3/t22-,23?,27?,28?,39+/m1/s1. The molecule has 12 nitrogen and oxygen atoms in total. The van der Waals surface area contributed by atoms with Crippen LogP contribution in [-0.2, 0) is 9.47 Å². The maximum Gasteiger partial charge on any atom is 0.410 e. The minimum atomic E-state index is -0.940. The summed E-state index contributed by atoms with van der Waals surface area (Å²) in [6.07, 6.45) is 2.29. The molecule has 4 aromatic rings. The Morgan fingerprint density at radius 3 is 2.76 bits per heavy atom. The van der Waals surface area contributed by atoms with Crippen LogP contribution in [0.15, 0.2) is 30.3 Å². The smallest absolute Gasteiger partial charge is 0.410 e. The fraction of sp³-hybridized carbons (Fsp3) is 0.538. The summed E-state index contributed by atoms with van der Waals surface area (Å²) in [5.41, 5.74) is -0.828. The fourth-order valence-corrected chi connectivity index (χ4v) is 9.59. The van der Waals surface area contributed by atoms with E-state index in [0.29, 0.717) is 57.8 Å². The van der Waals surface area contributed by atoms with Crippen LogP contribution in [0.3, 0.4) is 0 Å². The molecule has 0 aliphatic carbocycles. The first-order valence-electron chi connectivity index (χ1n) is 18.6. The number of nitrogens with zero attached hydrogens (tertiary/aromatic N) is 6. The zero-order valence-corrected chi connectivity index (χ0v) is 31.5. The maximum atomic E-state index is 17.4. The number of amides is 1. The van der Waals surface area contributed by atoms with Crippen LogP contribution in [-0.4, -0.2) is 113 Å². The Morgan fingerprint density at radius 2 is 1.94 bits per heavy atom. The predicted molar refractivity (Wildman–Crippen MR) is 198 cm³/mol. The van der Waals surface area contributed by atoms with E-state index in [9.17, 15) is 9.18 Å². The van der Waals surface area contributed by atoms with Gasteiger partial charge in [-0.2, -0.15) is 9.97 Å². The van der Waals surface area contributed by atoms with Gasteiger partial charge < -0.3 is 28.6 Å². The van der Waals surface area contributed by atoms with Crippen molar-refractivity contribution in [2.75, 3.05) is 51.7 Å². The molecule has 15 heteroatoms. The molecule has 4 fully saturated rings. The number of aromatic nitrogens is 3. The normalized spacial score (nSPS) is 26.1. The van der Waals surface area contributed by atoms with Crippen molar-refractivity contribution in [3.05, 3.63) is 41.2 Å². The first-order chi connectivity index (χ1) is 25.9. The number of pyridine rings is 1. The molecule has 2 aromatic heterocycles. The predicted octanol–water partition coefficient (Wildman–Crippen LogP) is 6.92. The van der Waals surface area contributed by atoms with Gasteiger partial charge in [0, 0.05) is 42.6 Å². The molecular formula is C39H43ClF2N6O6. The molecule has 5 aliphatic heterocycles. The topological polar surface area (TPSA) is 112 Å². The van der Waals surface area contributed by atoms with Gasteiger partial charge in [0.25, 0.3) is 0 Å². The molecule has 0 N–H and O–H groups in total. The number of benzene rings is 2. The Morgan fingerprint density at radius 1 is 1.09 bits per heavy atom. The number of anilines is 1. The second kappa shape index (κ2) is 13.2. The van der Waals surface area contributed by atoms with Crippen LogP contribution in [0.5, 0.6) is 17.6 Å². The van der Waals surface area contributed by atoms with Gasteiger partial charge in [-0.1, -0.05) is 23.7 Å². The quantitative estimate of drug-likeness (QED) is 0.183. The summed E-state index contributed by atoms with van der Waals surface area (Å²) in [6.45, 7) is 7.43. The van der Waals surface area contributed by atoms with Crippen molar-refractivity contribution in [1.82, 2.24) is 24.8 Å². The van der Waals surface area contributed by atoms with E-state index in [1.165, 1.54) is 7.11 Å². The van der Waals surface area contributed by atoms with Crippen LogP contribution in [0.1, 0.15) is 52.9 Å². The minimum absolute atomic E-state index is 0.0213. The van der Waals surface area contributed by atoms with E-state index in [-0.39, 0.29) is 67.3 Å². The lowest BCUT2D eigenvalue weighted by atomic mass is 9.95. The largest absolute Gasteiger partial charge is 0.475 e. The van der Waals surface area contributed by atoms with Crippen LogP contribution in [0.2, 0.25) is 5.02 Å². The molecule has 9 rings (SSSR count). The highest BCUT2D eigenvalue weighted by molar-refractivity contribution is 6.36. The highest BCUT2D eigenvalue weighted by Gasteiger charge is 2.52. The summed E-state index contributed by atoms with van der Waals surface area (Å²) < 4.78 is 61.9. The van der Waals surface area contributed by atoms with Crippen molar-refractivity contribution in [3.8, 4) is 28.9 Å². The van der Waals surface area contributed by atoms with Crippen molar-refractivity contribution in [2.45, 2.75) is 88.3 Å². The van der Waals surface area contributed by atoms with Crippen LogP contribution in [0.25, 0.3) is 32.9 Å². The number of methoxy groups -OCH3 is 1. The van der Waals surface area contributed by atoms with Crippen molar-refractivity contribution in [2.24, 2.45) is 0 Å². The summed E-state index contributed by atoms with van der Waals surface area (Å²) >= 11 is 6.78. The van der Waals surface area contributed by atoms with Gasteiger partial charge in [-0.3, -0.25) is 9.80 Å². The Bertz CT molecular complexity index is 2160. The second-order valence-electron chi connectivity index (χ2n) is 16.1. The molecule has 3 unspecified atom stereocenters. The first-order valence-corrected chi connectivity index (χ1v) is 19.0. The molecule has 286 valence electrons. The van der Waals surface area contributed by atoms with Crippen LogP contribution in [0.4, 0.5) is 19.4 Å². The van der Waals surface area contributed by atoms with E-state index in [1.807, 2.05) is 37.8 Å². The highest BCUT2D eigenvalue weighted by atomic mass is 35.5. The summed E-state index contributed by atoms with van der Waals surface area (Å²) in [5, 5.41) is 2.00. The Labute approximate surface area is 316 Å². The molecule has 0 radical (unpaired) electrons. The summed E-state index contributed by atoms with van der Waals surface area (Å²) in [6, 6.07) is 8.10. The second-order valence-corrected chi connectivity index (χ2v) is 16.5. The number of carbonyl (C=O) groups is 1. The van der Waals surface area contributed by atoms with E-state index >= 15 is 4.39 Å². The molecule has 5 aliphatic rings. The number of fused-ring (bicyclic) bond motifs is 7. The Hall–Kier alpha value is -4.27. The third kappa shape index (κ3) is 5.92. The number of rotatable bonds is 7. The van der Waals surface area contributed by atoms with Crippen molar-refractivity contribution in [1.29, 1.82) is 0 Å². The van der Waals surface area contributed by atoms with Crippen molar-refractivity contribution in [3.63, 3.8) is 0 Å². The number of piperazine rings is 1. The van der Waals surface area contributed by atoms with Gasteiger partial charge in [0.05, 0.1) is 23.7 Å². The number of hydrogen-bond acceptors (Lipinski definition) is 11. The van der Waals surface area contributed by atoms with E-state index in [0.717, 1.165) is 32.2 Å². The number of hydrogen-bond donors (Lipinski definition) is 0. The number of halogens is 3. The number of carbonyl (C=O) groups excluding carboxylic acids is 1. The zero-order valence-electron chi connectivity index (χ0n) is 30.7. The molecule has 4 saturated heterocycles. The lowest BCUT2D eigenvalue weighted by Gasteiger charge is -2.46. The van der Waals surface area contributed by atoms with Gasteiger partial charge >= 0.3 is 12.1 Å². The third-order valence-corrected chi connectivity index (χ3v) is 11.8. The number of ether oxygens (including phenoxy) is 5.